The van der Waals surface area contributed by atoms with E-state index < -0.39 is 0 Å². The molecule has 0 bridgehead atoms. The quantitative estimate of drug-likeness (QED) is 0.370. The third kappa shape index (κ3) is 4.75. The van der Waals surface area contributed by atoms with Crippen LogP contribution in [0.15, 0.2) is 29.3 Å². The van der Waals surface area contributed by atoms with Gasteiger partial charge < -0.3 is 20.1 Å². The van der Waals surface area contributed by atoms with Crippen molar-refractivity contribution in [2.45, 2.75) is 44.6 Å². The Morgan fingerprint density at radius 1 is 1.39 bits per heavy atom. The molecule has 2 aromatic rings. The number of aryl methyl sites for hydroxylation is 1. The molecule has 0 saturated carbocycles. The number of ether oxygens (including phenoxy) is 2. The standard InChI is InChI=1S/C19H26N6O2.HI/c1-20-19(21-10-15-9-13-5-3-4-6-16(13)27-15)22-14-7-8-18-23-17(12-26-2)24-25(18)11-14;/h3-6,14-15H,7-12H2,1-2H3,(H2,20,21,22);1H. The fourth-order valence-electron chi connectivity index (χ4n) is 3.63. The van der Waals surface area contributed by atoms with Gasteiger partial charge in [-0.1, -0.05) is 18.2 Å². The minimum absolute atomic E-state index is 0. The van der Waals surface area contributed by atoms with Crippen molar-refractivity contribution >= 4 is 29.9 Å². The Morgan fingerprint density at radius 2 is 2.25 bits per heavy atom. The summed E-state index contributed by atoms with van der Waals surface area (Å²) in [6.45, 7) is 1.94. The Balaban J connectivity index is 0.00000225. The maximum absolute atomic E-state index is 5.98. The number of nitrogens with one attached hydrogen (secondary N) is 2. The third-order valence-corrected chi connectivity index (χ3v) is 4.95. The molecule has 0 fully saturated rings. The minimum atomic E-state index is 0. The highest BCUT2D eigenvalue weighted by Gasteiger charge is 2.24. The monoisotopic (exact) mass is 498 g/mol. The minimum Gasteiger partial charge on any atom is -0.488 e. The summed E-state index contributed by atoms with van der Waals surface area (Å²) >= 11 is 0. The van der Waals surface area contributed by atoms with Crippen molar-refractivity contribution in [1.82, 2.24) is 25.4 Å². The number of benzene rings is 1. The van der Waals surface area contributed by atoms with E-state index in [0.29, 0.717) is 13.2 Å². The summed E-state index contributed by atoms with van der Waals surface area (Å²) in [6, 6.07) is 8.48. The highest BCUT2D eigenvalue weighted by molar-refractivity contribution is 14.0. The zero-order chi connectivity index (χ0) is 18.6. The van der Waals surface area contributed by atoms with Crippen LogP contribution in [0.1, 0.15) is 23.6 Å². The lowest BCUT2D eigenvalue weighted by molar-refractivity contribution is 0.177. The lowest BCUT2D eigenvalue weighted by Crippen LogP contribution is -2.49. The molecule has 152 valence electrons. The number of guanidine groups is 1. The van der Waals surface area contributed by atoms with E-state index in [1.807, 2.05) is 16.8 Å². The molecule has 3 heterocycles. The van der Waals surface area contributed by atoms with E-state index in [-0.39, 0.29) is 36.1 Å². The van der Waals surface area contributed by atoms with E-state index in [1.165, 1.54) is 5.56 Å². The Hall–Kier alpha value is -1.88. The first-order valence-electron chi connectivity index (χ1n) is 9.38. The number of para-hydroxylation sites is 1. The number of halogens is 1. The van der Waals surface area contributed by atoms with Gasteiger partial charge >= 0.3 is 0 Å². The number of nitrogens with zero attached hydrogens (tertiary/aromatic N) is 4. The van der Waals surface area contributed by atoms with Gasteiger partial charge in [-0.25, -0.2) is 9.67 Å². The lowest BCUT2D eigenvalue weighted by Gasteiger charge is -2.25. The van der Waals surface area contributed by atoms with Gasteiger partial charge in [0.15, 0.2) is 11.8 Å². The molecule has 2 atom stereocenters. The molecule has 0 spiro atoms. The lowest BCUT2D eigenvalue weighted by atomic mass is 10.1. The van der Waals surface area contributed by atoms with Crippen molar-refractivity contribution in [3.8, 4) is 5.75 Å². The predicted molar refractivity (Wildman–Crippen MR) is 117 cm³/mol. The van der Waals surface area contributed by atoms with E-state index in [1.54, 1.807) is 14.2 Å². The molecule has 9 heteroatoms. The smallest absolute Gasteiger partial charge is 0.191 e. The summed E-state index contributed by atoms with van der Waals surface area (Å²) in [7, 11) is 3.45. The van der Waals surface area contributed by atoms with E-state index >= 15 is 0 Å². The Kier molecular flexibility index (Phi) is 7.11. The second-order valence-corrected chi connectivity index (χ2v) is 6.94. The average Bonchev–Trinajstić information content (AvgIpc) is 3.27. The summed E-state index contributed by atoms with van der Waals surface area (Å²) in [5.41, 5.74) is 1.27. The predicted octanol–water partition coefficient (Wildman–Crippen LogP) is 1.53. The highest BCUT2D eigenvalue weighted by atomic mass is 127. The van der Waals surface area contributed by atoms with Crippen molar-refractivity contribution in [3.05, 3.63) is 41.5 Å². The molecular formula is C19H27IN6O2. The van der Waals surface area contributed by atoms with E-state index in [2.05, 4.69) is 37.8 Å². The van der Waals surface area contributed by atoms with E-state index in [0.717, 1.165) is 49.2 Å². The van der Waals surface area contributed by atoms with Gasteiger partial charge in [0.25, 0.3) is 0 Å². The van der Waals surface area contributed by atoms with Gasteiger partial charge in [-0.2, -0.15) is 5.10 Å². The first kappa shape index (κ1) is 20.8. The Bertz CT molecular complexity index is 800. The number of rotatable bonds is 5. The molecule has 1 aromatic carbocycles. The van der Waals surface area contributed by atoms with Crippen molar-refractivity contribution in [2.75, 3.05) is 20.7 Å². The zero-order valence-electron chi connectivity index (χ0n) is 16.2. The summed E-state index contributed by atoms with van der Waals surface area (Å²) in [4.78, 5) is 8.88. The molecule has 2 N–H and O–H groups in total. The van der Waals surface area contributed by atoms with Crippen LogP contribution in [0, 0.1) is 0 Å². The van der Waals surface area contributed by atoms with Crippen LogP contribution in [0.25, 0.3) is 0 Å². The number of aliphatic imine (C=N–C) groups is 1. The molecule has 28 heavy (non-hydrogen) atoms. The fraction of sp³-hybridized carbons (Fsp3) is 0.526. The molecule has 0 saturated heterocycles. The van der Waals surface area contributed by atoms with Gasteiger partial charge in [-0.3, -0.25) is 4.99 Å². The van der Waals surface area contributed by atoms with Crippen molar-refractivity contribution in [3.63, 3.8) is 0 Å². The summed E-state index contributed by atoms with van der Waals surface area (Å²) < 4.78 is 13.1. The highest BCUT2D eigenvalue weighted by Crippen LogP contribution is 2.27. The summed E-state index contributed by atoms with van der Waals surface area (Å²) in [5, 5.41) is 11.4. The summed E-state index contributed by atoms with van der Waals surface area (Å²) in [5.74, 6) is 3.55. The second-order valence-electron chi connectivity index (χ2n) is 6.94. The molecular weight excluding hydrogens is 471 g/mol. The molecule has 0 amide bonds. The zero-order valence-corrected chi connectivity index (χ0v) is 18.6. The van der Waals surface area contributed by atoms with Crippen molar-refractivity contribution in [1.29, 1.82) is 0 Å². The largest absolute Gasteiger partial charge is 0.488 e. The molecule has 0 aliphatic carbocycles. The van der Waals surface area contributed by atoms with Gasteiger partial charge in [0.05, 0.1) is 13.1 Å². The number of hydrogen-bond donors (Lipinski definition) is 2. The van der Waals surface area contributed by atoms with Crippen LogP contribution >= 0.6 is 24.0 Å². The van der Waals surface area contributed by atoms with Crippen LogP contribution in [0.4, 0.5) is 0 Å². The van der Waals surface area contributed by atoms with Crippen molar-refractivity contribution < 1.29 is 9.47 Å². The van der Waals surface area contributed by atoms with Gasteiger partial charge in [0, 0.05) is 33.0 Å². The average molecular weight is 498 g/mol. The fourth-order valence-corrected chi connectivity index (χ4v) is 3.63. The van der Waals surface area contributed by atoms with E-state index in [4.69, 9.17) is 9.47 Å². The first-order valence-corrected chi connectivity index (χ1v) is 9.38. The van der Waals surface area contributed by atoms with Crippen molar-refractivity contribution in [2.24, 2.45) is 4.99 Å². The van der Waals surface area contributed by atoms with Gasteiger partial charge in [0.2, 0.25) is 0 Å². The van der Waals surface area contributed by atoms with E-state index in [9.17, 15) is 0 Å². The molecule has 8 nitrogen and oxygen atoms in total. The topological polar surface area (TPSA) is 85.6 Å². The van der Waals surface area contributed by atoms with Gasteiger partial charge in [-0.15, -0.1) is 24.0 Å². The molecule has 1 aromatic heterocycles. The third-order valence-electron chi connectivity index (χ3n) is 4.95. The van der Waals surface area contributed by atoms with Crippen LogP contribution in [-0.4, -0.2) is 53.6 Å². The van der Waals surface area contributed by atoms with Gasteiger partial charge in [0.1, 0.15) is 24.3 Å². The van der Waals surface area contributed by atoms with Crippen LogP contribution in [-0.2, 0) is 30.7 Å². The number of aromatic nitrogens is 3. The second kappa shape index (κ2) is 9.55. The molecule has 4 rings (SSSR count). The molecule has 0 radical (unpaired) electrons. The maximum atomic E-state index is 5.98. The van der Waals surface area contributed by atoms with Crippen LogP contribution in [0.5, 0.6) is 5.75 Å². The Labute approximate surface area is 182 Å². The van der Waals surface area contributed by atoms with Crippen LogP contribution in [0.2, 0.25) is 0 Å². The van der Waals surface area contributed by atoms with Crippen LogP contribution < -0.4 is 15.4 Å². The van der Waals surface area contributed by atoms with Crippen LogP contribution in [0.3, 0.4) is 0 Å². The normalized spacial score (nSPS) is 20.6. The molecule has 2 aliphatic heterocycles. The maximum Gasteiger partial charge on any atom is 0.191 e. The number of fused-ring (bicyclic) bond motifs is 2. The molecule has 2 aliphatic rings. The molecule has 2 unspecified atom stereocenters. The van der Waals surface area contributed by atoms with Gasteiger partial charge in [-0.05, 0) is 18.1 Å². The SMILES string of the molecule is CN=C(NCC1Cc2ccccc2O1)NC1CCc2nc(COC)nn2C1.I. The Morgan fingerprint density at radius 3 is 3.04 bits per heavy atom. The first-order chi connectivity index (χ1) is 13.2. The number of hydrogen-bond acceptors (Lipinski definition) is 5. The number of methoxy groups -OCH3 is 1. The summed E-state index contributed by atoms with van der Waals surface area (Å²) in [6.07, 6.45) is 2.95.